The summed E-state index contributed by atoms with van der Waals surface area (Å²) in [6.45, 7) is 10.1. The van der Waals surface area contributed by atoms with Gasteiger partial charge in [0.25, 0.3) is 0 Å². The van der Waals surface area contributed by atoms with Gasteiger partial charge in [-0.1, -0.05) is 44.4 Å². The molecule has 1 saturated heterocycles. The van der Waals surface area contributed by atoms with E-state index < -0.39 is 17.7 Å². The fourth-order valence-electron chi connectivity index (χ4n) is 4.75. The van der Waals surface area contributed by atoms with E-state index in [0.717, 1.165) is 42.0 Å². The Hall–Kier alpha value is -3.36. The van der Waals surface area contributed by atoms with Crippen molar-refractivity contribution in [3.8, 4) is 11.8 Å². The highest BCUT2D eigenvalue weighted by Crippen LogP contribution is 2.40. The fraction of sp³-hybridized carbons (Fsp3) is 0.414. The van der Waals surface area contributed by atoms with Gasteiger partial charge in [-0.2, -0.15) is 13.2 Å². The van der Waals surface area contributed by atoms with Crippen molar-refractivity contribution < 1.29 is 17.6 Å². The van der Waals surface area contributed by atoms with E-state index in [9.17, 15) is 17.6 Å². The van der Waals surface area contributed by atoms with E-state index in [4.69, 9.17) is 0 Å². The minimum atomic E-state index is -4.51. The summed E-state index contributed by atoms with van der Waals surface area (Å²) in [5.74, 6) is 6.22. The first-order valence-electron chi connectivity index (χ1n) is 13.2. The van der Waals surface area contributed by atoms with Gasteiger partial charge in [0, 0.05) is 55.7 Å². The summed E-state index contributed by atoms with van der Waals surface area (Å²) in [5, 5.41) is 9.40. The highest BCUT2D eigenvalue weighted by molar-refractivity contribution is 8.00. The minimum Gasteiger partial charge on any atom is -0.388 e. The van der Waals surface area contributed by atoms with Crippen molar-refractivity contribution >= 4 is 34.5 Å². The summed E-state index contributed by atoms with van der Waals surface area (Å²) in [6, 6.07) is 7.09. The van der Waals surface area contributed by atoms with Crippen molar-refractivity contribution in [2.24, 2.45) is 0 Å². The molecule has 6 nitrogen and oxygen atoms in total. The third kappa shape index (κ3) is 7.04. The van der Waals surface area contributed by atoms with Crippen LogP contribution in [0.3, 0.4) is 0 Å². The molecule has 0 saturated carbocycles. The van der Waals surface area contributed by atoms with Gasteiger partial charge in [-0.05, 0) is 42.6 Å². The second-order valence-electron chi connectivity index (χ2n) is 9.50. The van der Waals surface area contributed by atoms with Crippen molar-refractivity contribution in [1.29, 1.82) is 0 Å². The molecule has 214 valence electrons. The lowest BCUT2D eigenvalue weighted by atomic mass is 10.0. The second kappa shape index (κ2) is 12.9. The van der Waals surface area contributed by atoms with Gasteiger partial charge in [-0.3, -0.25) is 0 Å². The van der Waals surface area contributed by atoms with Gasteiger partial charge < -0.3 is 25.3 Å². The molecule has 0 bridgehead atoms. The van der Waals surface area contributed by atoms with Gasteiger partial charge in [0.1, 0.15) is 11.2 Å². The number of nitrogens with one attached hydrogen (secondary N) is 3. The molecule has 1 aliphatic heterocycles. The molecule has 4 rings (SSSR count). The topological polar surface area (TPSA) is 56.6 Å². The third-order valence-electron chi connectivity index (χ3n) is 6.99. The summed E-state index contributed by atoms with van der Waals surface area (Å²) in [4.78, 5) is 6.37. The fourth-order valence-corrected chi connectivity index (χ4v) is 5.44. The second-order valence-corrected chi connectivity index (χ2v) is 10.6. The predicted octanol–water partition coefficient (Wildman–Crippen LogP) is 6.01. The summed E-state index contributed by atoms with van der Waals surface area (Å²) in [6.07, 6.45) is 3.15. The lowest BCUT2D eigenvalue weighted by Gasteiger charge is -2.34. The monoisotopic (exact) mass is 574 g/mol. The highest BCUT2D eigenvalue weighted by Gasteiger charge is 2.33. The molecule has 40 heavy (non-hydrogen) atoms. The van der Waals surface area contributed by atoms with Crippen molar-refractivity contribution in [2.75, 3.05) is 43.9 Å². The van der Waals surface area contributed by atoms with Crippen LogP contribution < -0.4 is 16.0 Å². The first kappa shape index (κ1) is 29.6. The number of hydrogen-bond acceptors (Lipinski definition) is 6. The van der Waals surface area contributed by atoms with Gasteiger partial charge in [0.15, 0.2) is 5.82 Å². The van der Waals surface area contributed by atoms with E-state index in [1.807, 2.05) is 36.9 Å². The average molecular weight is 575 g/mol. The largest absolute Gasteiger partial charge is 0.447 e. The Morgan fingerprint density at radius 1 is 1.25 bits per heavy atom. The average Bonchev–Trinajstić information content (AvgIpc) is 3.28. The molecule has 1 fully saturated rings. The zero-order valence-corrected chi connectivity index (χ0v) is 23.6. The normalized spacial score (nSPS) is 17.8. The molecule has 2 unspecified atom stereocenters. The van der Waals surface area contributed by atoms with Crippen LogP contribution in [0.25, 0.3) is 11.2 Å². The van der Waals surface area contributed by atoms with Crippen molar-refractivity contribution in [1.82, 2.24) is 19.6 Å². The van der Waals surface area contributed by atoms with Crippen LogP contribution in [-0.4, -0.2) is 65.2 Å². The molecule has 0 radical (unpaired) electrons. The molecule has 11 heteroatoms. The Balaban J connectivity index is 1.60. The number of aryl methyl sites for hydroxylation is 1. The van der Waals surface area contributed by atoms with Crippen LogP contribution >= 0.6 is 11.8 Å². The smallest absolute Gasteiger partial charge is 0.388 e. The van der Waals surface area contributed by atoms with Gasteiger partial charge in [0.05, 0.1) is 23.7 Å². The molecule has 3 aromatic rings. The Labute approximate surface area is 236 Å². The van der Waals surface area contributed by atoms with Crippen LogP contribution in [0.4, 0.5) is 29.1 Å². The predicted molar refractivity (Wildman–Crippen MR) is 155 cm³/mol. The number of anilines is 2. The number of nitrogens with zero attached hydrogens (tertiary/aromatic N) is 3. The quantitative estimate of drug-likeness (QED) is 0.166. The van der Waals surface area contributed by atoms with E-state index in [0.29, 0.717) is 24.3 Å². The van der Waals surface area contributed by atoms with Crippen LogP contribution in [-0.2, 0) is 6.42 Å². The summed E-state index contributed by atoms with van der Waals surface area (Å²) >= 11 is -0.223. The number of thioether (sulfide) groups is 1. The molecule has 0 aliphatic carbocycles. The Morgan fingerprint density at radius 3 is 2.73 bits per heavy atom. The number of likely N-dealkylation sites (tertiary alicyclic amines) is 1. The van der Waals surface area contributed by atoms with E-state index in [-0.39, 0.29) is 28.9 Å². The van der Waals surface area contributed by atoms with Crippen LogP contribution in [0.15, 0.2) is 48.3 Å². The molecule has 3 heterocycles. The summed E-state index contributed by atoms with van der Waals surface area (Å²) < 4.78 is 56.9. The zero-order chi connectivity index (χ0) is 28.9. The minimum absolute atomic E-state index is 0.0559. The number of piperidine rings is 1. The van der Waals surface area contributed by atoms with Crippen LogP contribution in [0.5, 0.6) is 0 Å². The number of aromatic nitrogens is 2. The van der Waals surface area contributed by atoms with E-state index in [1.165, 1.54) is 16.8 Å². The standard InChI is InChI=1S/C29H34F4N6S/c1-5-20-9-10-21(19(3)34-4)16-25(20)35-12-7-8-22-17-26-27(37-24-11-14-38(6-2)18-23(24)30)36-13-15-39(26)28(22)40-29(31,32)33/h9-10,13,15-17,23-24,34-35H,3,5-6,11-12,14,18H2,1-2,4H3,(H,36,37). The van der Waals surface area contributed by atoms with Crippen LogP contribution in [0.2, 0.25) is 0 Å². The van der Waals surface area contributed by atoms with Gasteiger partial charge in [0.2, 0.25) is 0 Å². The van der Waals surface area contributed by atoms with E-state index in [1.54, 1.807) is 13.1 Å². The maximum Gasteiger partial charge on any atom is 0.447 e. The molecule has 2 aromatic heterocycles. The van der Waals surface area contributed by atoms with Crippen LogP contribution in [0, 0.1) is 11.8 Å². The molecule has 0 amide bonds. The van der Waals surface area contributed by atoms with Gasteiger partial charge in [-0.25, -0.2) is 9.37 Å². The van der Waals surface area contributed by atoms with Gasteiger partial charge >= 0.3 is 5.51 Å². The molecule has 0 spiro atoms. The molecular weight excluding hydrogens is 540 g/mol. The summed E-state index contributed by atoms with van der Waals surface area (Å²) in [5.41, 5.74) is -0.171. The molecule has 1 aliphatic rings. The van der Waals surface area contributed by atoms with E-state index >= 15 is 0 Å². The SMILES string of the molecule is C=C(NC)c1ccc(CC)c(NCC#Cc2cc3c(NC4CCN(CC)CC4F)nccn3c2SC(F)(F)F)c1. The van der Waals surface area contributed by atoms with Crippen molar-refractivity contribution in [3.63, 3.8) is 0 Å². The Morgan fingerprint density at radius 2 is 2.05 bits per heavy atom. The number of alkyl halides is 4. The number of rotatable bonds is 9. The first-order valence-corrected chi connectivity index (χ1v) is 14.1. The lowest BCUT2D eigenvalue weighted by Crippen LogP contribution is -2.47. The summed E-state index contributed by atoms with van der Waals surface area (Å²) in [7, 11) is 1.80. The van der Waals surface area contributed by atoms with E-state index in [2.05, 4.69) is 39.4 Å². The molecule has 3 N–H and O–H groups in total. The first-order chi connectivity index (χ1) is 19.1. The Bertz CT molecular complexity index is 1410. The lowest BCUT2D eigenvalue weighted by molar-refractivity contribution is -0.0329. The molecular formula is C29H34F4N6S. The maximum absolute atomic E-state index is 14.8. The molecule has 1 aromatic carbocycles. The van der Waals surface area contributed by atoms with Crippen LogP contribution in [0.1, 0.15) is 37.0 Å². The van der Waals surface area contributed by atoms with Crippen molar-refractivity contribution in [3.05, 3.63) is 59.9 Å². The molecule has 2 atom stereocenters. The third-order valence-corrected chi connectivity index (χ3v) is 7.83. The number of fused-ring (bicyclic) bond motifs is 1. The number of halogens is 4. The number of hydrogen-bond donors (Lipinski definition) is 3. The highest BCUT2D eigenvalue weighted by atomic mass is 32.2. The zero-order valence-electron chi connectivity index (χ0n) is 22.8. The van der Waals surface area contributed by atoms with Gasteiger partial charge in [-0.15, -0.1) is 0 Å². The number of benzene rings is 1. The Kier molecular flexibility index (Phi) is 9.53. The van der Waals surface area contributed by atoms with Crippen molar-refractivity contribution in [2.45, 2.75) is 49.4 Å². The maximum atomic E-state index is 14.8.